The van der Waals surface area contributed by atoms with Gasteiger partial charge in [-0.3, -0.25) is 4.79 Å². The first kappa shape index (κ1) is 12.6. The highest BCUT2D eigenvalue weighted by molar-refractivity contribution is 6.34. The van der Waals surface area contributed by atoms with Crippen molar-refractivity contribution in [3.8, 4) is 0 Å². The zero-order valence-corrected chi connectivity index (χ0v) is 10.5. The molecule has 92 valence electrons. The van der Waals surface area contributed by atoms with Crippen molar-refractivity contribution >= 4 is 23.2 Å². The number of halogens is 2. The Bertz CT molecular complexity index is 598. The number of hydrogen-bond donors (Lipinski definition) is 1. The Morgan fingerprint density at radius 2 is 2.00 bits per heavy atom. The molecule has 0 aliphatic heterocycles. The molecule has 0 fully saturated rings. The third kappa shape index (κ3) is 2.87. The van der Waals surface area contributed by atoms with Gasteiger partial charge in [0.15, 0.2) is 0 Å². The second kappa shape index (κ2) is 5.19. The summed E-state index contributed by atoms with van der Waals surface area (Å²) in [6.07, 6.45) is 0. The summed E-state index contributed by atoms with van der Waals surface area (Å²) < 4.78 is 12.9. The first-order chi connectivity index (χ1) is 8.56. The Morgan fingerprint density at radius 3 is 2.67 bits per heavy atom. The minimum atomic E-state index is -0.466. The lowest BCUT2D eigenvalue weighted by atomic mass is 10.2. The molecule has 2 aromatic rings. The second-order valence-electron chi connectivity index (χ2n) is 3.95. The number of anilines is 1. The van der Waals surface area contributed by atoms with Gasteiger partial charge in [0.2, 0.25) is 0 Å². The van der Waals surface area contributed by atoms with Crippen molar-refractivity contribution in [3.63, 3.8) is 0 Å². The maximum atomic E-state index is 12.9. The van der Waals surface area contributed by atoms with Gasteiger partial charge in [-0.05, 0) is 42.8 Å². The first-order valence-corrected chi connectivity index (χ1v) is 5.77. The highest BCUT2D eigenvalue weighted by Gasteiger charge is 2.11. The van der Waals surface area contributed by atoms with Gasteiger partial charge in [-0.2, -0.15) is 0 Å². The van der Waals surface area contributed by atoms with E-state index in [9.17, 15) is 9.18 Å². The minimum Gasteiger partial charge on any atom is -0.322 e. The number of rotatable bonds is 2. The molecule has 0 radical (unpaired) electrons. The summed E-state index contributed by atoms with van der Waals surface area (Å²) in [5.74, 6) is -0.822. The fraction of sp³-hybridized carbons (Fsp3) is 0.0714. The lowest BCUT2D eigenvalue weighted by molar-refractivity contribution is 0.102. The molecule has 0 saturated heterocycles. The molecule has 0 unspecified atom stereocenters. The molecule has 1 amide bonds. The summed E-state index contributed by atoms with van der Waals surface area (Å²) in [6.45, 7) is 1.93. The molecule has 0 atom stereocenters. The Labute approximate surface area is 109 Å². The van der Waals surface area contributed by atoms with Crippen LogP contribution in [0.15, 0.2) is 42.5 Å². The Morgan fingerprint density at radius 1 is 1.22 bits per heavy atom. The monoisotopic (exact) mass is 263 g/mol. The molecule has 0 saturated carbocycles. The topological polar surface area (TPSA) is 29.1 Å². The number of benzene rings is 2. The predicted molar refractivity (Wildman–Crippen MR) is 70.5 cm³/mol. The van der Waals surface area contributed by atoms with E-state index in [4.69, 9.17) is 11.6 Å². The van der Waals surface area contributed by atoms with Crippen LogP contribution in [0.1, 0.15) is 15.9 Å². The third-order valence-corrected chi connectivity index (χ3v) is 2.76. The van der Waals surface area contributed by atoms with Crippen LogP contribution in [0.5, 0.6) is 0 Å². The highest BCUT2D eigenvalue weighted by Crippen LogP contribution is 2.19. The minimum absolute atomic E-state index is 0.0974. The molecule has 0 bridgehead atoms. The molecule has 2 aromatic carbocycles. The zero-order chi connectivity index (χ0) is 13.1. The molecule has 0 aromatic heterocycles. The van der Waals surface area contributed by atoms with Crippen molar-refractivity contribution in [1.82, 2.24) is 0 Å². The van der Waals surface area contributed by atoms with E-state index in [0.717, 1.165) is 11.6 Å². The van der Waals surface area contributed by atoms with Gasteiger partial charge in [0.1, 0.15) is 5.82 Å². The van der Waals surface area contributed by atoms with Crippen molar-refractivity contribution < 1.29 is 9.18 Å². The van der Waals surface area contributed by atoms with Gasteiger partial charge in [-0.1, -0.05) is 23.7 Å². The maximum absolute atomic E-state index is 12.9. The van der Waals surface area contributed by atoms with Gasteiger partial charge in [0.05, 0.1) is 10.6 Å². The molecule has 18 heavy (non-hydrogen) atoms. The molecule has 4 heteroatoms. The van der Waals surface area contributed by atoms with Gasteiger partial charge >= 0.3 is 0 Å². The van der Waals surface area contributed by atoms with E-state index in [1.165, 1.54) is 12.1 Å². The van der Waals surface area contributed by atoms with E-state index in [-0.39, 0.29) is 16.5 Å². The predicted octanol–water partition coefficient (Wildman–Crippen LogP) is 4.04. The van der Waals surface area contributed by atoms with Crippen LogP contribution in [0, 0.1) is 12.7 Å². The van der Waals surface area contributed by atoms with Crippen LogP contribution in [0.4, 0.5) is 10.1 Å². The Hall–Kier alpha value is -1.87. The molecule has 2 rings (SSSR count). The van der Waals surface area contributed by atoms with Gasteiger partial charge in [0, 0.05) is 5.69 Å². The number of carbonyl (C=O) groups excluding carboxylic acids is 1. The molecular weight excluding hydrogens is 253 g/mol. The standard InChI is InChI=1S/C14H11ClFNO/c1-9-3-2-4-11(7-9)17-14(18)12-6-5-10(16)8-13(12)15/h2-8H,1H3,(H,17,18). The van der Waals surface area contributed by atoms with Crippen LogP contribution in [0.25, 0.3) is 0 Å². The van der Waals surface area contributed by atoms with Crippen molar-refractivity contribution in [3.05, 3.63) is 64.4 Å². The zero-order valence-electron chi connectivity index (χ0n) is 9.71. The van der Waals surface area contributed by atoms with E-state index in [0.29, 0.717) is 5.69 Å². The fourth-order valence-electron chi connectivity index (χ4n) is 1.59. The van der Waals surface area contributed by atoms with Gasteiger partial charge in [-0.25, -0.2) is 4.39 Å². The number of hydrogen-bond acceptors (Lipinski definition) is 1. The molecule has 0 aliphatic carbocycles. The third-order valence-electron chi connectivity index (χ3n) is 2.45. The Balaban J connectivity index is 2.22. The van der Waals surface area contributed by atoms with Gasteiger partial charge in [-0.15, -0.1) is 0 Å². The van der Waals surface area contributed by atoms with Crippen molar-refractivity contribution in [2.24, 2.45) is 0 Å². The van der Waals surface area contributed by atoms with E-state index < -0.39 is 5.82 Å². The van der Waals surface area contributed by atoms with Gasteiger partial charge in [0.25, 0.3) is 5.91 Å². The van der Waals surface area contributed by atoms with E-state index in [1.54, 1.807) is 6.07 Å². The maximum Gasteiger partial charge on any atom is 0.257 e. The lowest BCUT2D eigenvalue weighted by Gasteiger charge is -2.07. The molecule has 2 nitrogen and oxygen atoms in total. The number of nitrogens with one attached hydrogen (secondary N) is 1. The molecular formula is C14H11ClFNO. The van der Waals surface area contributed by atoms with Crippen LogP contribution < -0.4 is 5.32 Å². The average molecular weight is 264 g/mol. The van der Waals surface area contributed by atoms with Crippen LogP contribution in [-0.4, -0.2) is 5.91 Å². The summed E-state index contributed by atoms with van der Waals surface area (Å²) in [7, 11) is 0. The van der Waals surface area contributed by atoms with Gasteiger partial charge < -0.3 is 5.32 Å². The number of carbonyl (C=O) groups is 1. The lowest BCUT2D eigenvalue weighted by Crippen LogP contribution is -2.12. The second-order valence-corrected chi connectivity index (χ2v) is 4.35. The Kier molecular flexibility index (Phi) is 3.63. The van der Waals surface area contributed by atoms with E-state index in [1.807, 2.05) is 25.1 Å². The normalized spacial score (nSPS) is 10.2. The summed E-state index contributed by atoms with van der Waals surface area (Å²) in [4.78, 5) is 11.9. The van der Waals surface area contributed by atoms with Crippen molar-refractivity contribution in [1.29, 1.82) is 0 Å². The molecule has 0 spiro atoms. The van der Waals surface area contributed by atoms with Crippen LogP contribution in [-0.2, 0) is 0 Å². The molecule has 1 N–H and O–H groups in total. The highest BCUT2D eigenvalue weighted by atomic mass is 35.5. The first-order valence-electron chi connectivity index (χ1n) is 5.39. The molecule has 0 aliphatic rings. The summed E-state index contributed by atoms with van der Waals surface area (Å²) in [5, 5.41) is 2.81. The van der Waals surface area contributed by atoms with Crippen LogP contribution in [0.3, 0.4) is 0 Å². The van der Waals surface area contributed by atoms with Crippen molar-refractivity contribution in [2.75, 3.05) is 5.32 Å². The van der Waals surface area contributed by atoms with Crippen LogP contribution >= 0.6 is 11.6 Å². The van der Waals surface area contributed by atoms with E-state index >= 15 is 0 Å². The summed E-state index contributed by atoms with van der Waals surface area (Å²) >= 11 is 5.82. The van der Waals surface area contributed by atoms with E-state index in [2.05, 4.69) is 5.32 Å². The average Bonchev–Trinajstić information content (AvgIpc) is 2.28. The van der Waals surface area contributed by atoms with Crippen molar-refractivity contribution in [2.45, 2.75) is 6.92 Å². The molecule has 0 heterocycles. The number of aryl methyl sites for hydroxylation is 1. The summed E-state index contributed by atoms with van der Waals surface area (Å²) in [6, 6.07) is 11.1. The largest absolute Gasteiger partial charge is 0.322 e. The van der Waals surface area contributed by atoms with Crippen LogP contribution in [0.2, 0.25) is 5.02 Å². The smallest absolute Gasteiger partial charge is 0.257 e. The number of amides is 1. The fourth-order valence-corrected chi connectivity index (χ4v) is 1.85. The quantitative estimate of drug-likeness (QED) is 0.870. The summed E-state index contributed by atoms with van der Waals surface area (Å²) in [5.41, 5.74) is 1.97. The SMILES string of the molecule is Cc1cccc(NC(=O)c2ccc(F)cc2Cl)c1.